The molecule has 1 aromatic rings. The Morgan fingerprint density at radius 2 is 2.30 bits per heavy atom. The summed E-state index contributed by atoms with van der Waals surface area (Å²) in [7, 11) is 1.51. The lowest BCUT2D eigenvalue weighted by atomic mass is 9.95. The highest BCUT2D eigenvalue weighted by Gasteiger charge is 2.38. The summed E-state index contributed by atoms with van der Waals surface area (Å²) in [6.07, 6.45) is 0.682. The van der Waals surface area contributed by atoms with Crippen LogP contribution in [0.15, 0.2) is 27.7 Å². The Morgan fingerprint density at radius 3 is 2.75 bits per heavy atom. The molecule has 0 saturated heterocycles. The molecular formula is C11H11F3N4O2. The summed E-state index contributed by atoms with van der Waals surface area (Å²) >= 11 is 0. The van der Waals surface area contributed by atoms with Crippen molar-refractivity contribution in [3.8, 4) is 0 Å². The van der Waals surface area contributed by atoms with Gasteiger partial charge in [-0.15, -0.1) is 0 Å². The predicted molar refractivity (Wildman–Crippen MR) is 62.8 cm³/mol. The van der Waals surface area contributed by atoms with Gasteiger partial charge in [-0.3, -0.25) is 15.7 Å². The smallest absolute Gasteiger partial charge is 0.329 e. The molecule has 6 nitrogen and oxygen atoms in total. The Hall–Kier alpha value is -2.16. The van der Waals surface area contributed by atoms with Crippen molar-refractivity contribution in [3.63, 3.8) is 0 Å². The van der Waals surface area contributed by atoms with Crippen LogP contribution in [0.2, 0.25) is 0 Å². The zero-order valence-corrected chi connectivity index (χ0v) is 10.3. The molecule has 2 N–H and O–H groups in total. The predicted octanol–water partition coefficient (Wildman–Crippen LogP) is 2.06. The van der Waals surface area contributed by atoms with Crippen LogP contribution in [0, 0.1) is 5.92 Å². The fourth-order valence-corrected chi connectivity index (χ4v) is 1.74. The van der Waals surface area contributed by atoms with Gasteiger partial charge in [0.15, 0.2) is 0 Å². The normalized spacial score (nSPS) is 19.9. The third kappa shape index (κ3) is 2.87. The number of hydroxylamine groups is 1. The Morgan fingerprint density at radius 1 is 1.55 bits per heavy atom. The molecule has 108 valence electrons. The average molecular weight is 288 g/mol. The molecule has 9 heteroatoms. The second kappa shape index (κ2) is 5.45. The molecular weight excluding hydrogens is 277 g/mol. The van der Waals surface area contributed by atoms with Gasteiger partial charge in [0.05, 0.1) is 0 Å². The highest BCUT2D eigenvalue weighted by atomic mass is 19.4. The van der Waals surface area contributed by atoms with Gasteiger partial charge in [-0.05, 0) is 6.42 Å². The third-order valence-electron chi connectivity index (χ3n) is 2.73. The number of hydrogen-bond donors (Lipinski definition) is 2. The van der Waals surface area contributed by atoms with E-state index in [0.29, 0.717) is 17.8 Å². The van der Waals surface area contributed by atoms with Gasteiger partial charge in [-0.1, -0.05) is 23.4 Å². The zero-order chi connectivity index (χ0) is 14.8. The Bertz CT molecular complexity index is 574. The highest BCUT2D eigenvalue weighted by Crippen LogP contribution is 2.29. The SMILES string of the molecule is CN=C(NO)C1C=CC(c2noc(C(F)(F)F)n2)=CC1. The van der Waals surface area contributed by atoms with Crippen LogP contribution >= 0.6 is 0 Å². The summed E-state index contributed by atoms with van der Waals surface area (Å²) in [5.41, 5.74) is 2.40. The van der Waals surface area contributed by atoms with E-state index >= 15 is 0 Å². The van der Waals surface area contributed by atoms with E-state index < -0.39 is 12.1 Å². The van der Waals surface area contributed by atoms with Crippen molar-refractivity contribution in [3.05, 3.63) is 29.9 Å². The molecule has 2 rings (SSSR count). The first-order chi connectivity index (χ1) is 9.45. The lowest BCUT2D eigenvalue weighted by Gasteiger charge is -2.15. The standard InChI is InChI=1S/C11H11F3N4O2/c1-15-8(17-19)6-2-4-7(5-3-6)9-16-10(20-18-9)11(12,13)14/h2,4-6,19H,3H2,1H3,(H,15,17). The Kier molecular flexibility index (Phi) is 3.89. The van der Waals surface area contributed by atoms with Crippen LogP contribution in [0.4, 0.5) is 13.2 Å². The van der Waals surface area contributed by atoms with E-state index in [1.165, 1.54) is 7.05 Å². The van der Waals surface area contributed by atoms with Crippen molar-refractivity contribution in [2.75, 3.05) is 7.05 Å². The number of rotatable bonds is 2. The van der Waals surface area contributed by atoms with Gasteiger partial charge in [0.2, 0.25) is 5.82 Å². The molecule has 1 atom stereocenters. The topological polar surface area (TPSA) is 83.5 Å². The first kappa shape index (κ1) is 14.3. The maximum absolute atomic E-state index is 12.3. The van der Waals surface area contributed by atoms with Crippen molar-refractivity contribution >= 4 is 11.4 Å². The van der Waals surface area contributed by atoms with E-state index in [4.69, 9.17) is 5.21 Å². The van der Waals surface area contributed by atoms with Crippen molar-refractivity contribution in [1.82, 2.24) is 15.6 Å². The van der Waals surface area contributed by atoms with Crippen LogP contribution in [0.25, 0.3) is 5.57 Å². The molecule has 0 spiro atoms. The van der Waals surface area contributed by atoms with Gasteiger partial charge >= 0.3 is 12.1 Å². The molecule has 0 bridgehead atoms. The molecule has 0 fully saturated rings. The minimum Gasteiger partial charge on any atom is -0.329 e. The van der Waals surface area contributed by atoms with Gasteiger partial charge in [-0.25, -0.2) is 0 Å². The lowest BCUT2D eigenvalue weighted by Crippen LogP contribution is -2.27. The highest BCUT2D eigenvalue weighted by molar-refractivity contribution is 5.87. The van der Waals surface area contributed by atoms with Gasteiger partial charge in [-0.2, -0.15) is 18.2 Å². The number of nitrogens with zero attached hydrogens (tertiary/aromatic N) is 3. The van der Waals surface area contributed by atoms with E-state index in [0.717, 1.165) is 0 Å². The molecule has 0 amide bonds. The first-order valence-corrected chi connectivity index (χ1v) is 5.62. The number of aromatic nitrogens is 2. The average Bonchev–Trinajstić information content (AvgIpc) is 2.90. The minimum atomic E-state index is -4.66. The van der Waals surface area contributed by atoms with Crippen LogP contribution in [0.1, 0.15) is 18.1 Å². The maximum atomic E-state index is 12.3. The largest absolute Gasteiger partial charge is 0.471 e. The van der Waals surface area contributed by atoms with E-state index in [2.05, 4.69) is 19.7 Å². The van der Waals surface area contributed by atoms with Crippen molar-refractivity contribution in [2.45, 2.75) is 12.6 Å². The summed E-state index contributed by atoms with van der Waals surface area (Å²) in [5, 5.41) is 12.1. The second-order valence-electron chi connectivity index (χ2n) is 4.00. The summed E-state index contributed by atoms with van der Waals surface area (Å²) in [6, 6.07) is 0. The van der Waals surface area contributed by atoms with Crippen molar-refractivity contribution in [1.29, 1.82) is 0 Å². The van der Waals surface area contributed by atoms with E-state index in [9.17, 15) is 13.2 Å². The summed E-state index contributed by atoms with van der Waals surface area (Å²) in [4.78, 5) is 7.14. The van der Waals surface area contributed by atoms with Crippen LogP contribution in [0.3, 0.4) is 0 Å². The fraction of sp³-hybridized carbons (Fsp3) is 0.364. The monoisotopic (exact) mass is 288 g/mol. The number of nitrogens with one attached hydrogen (secondary N) is 1. The summed E-state index contributed by atoms with van der Waals surface area (Å²) < 4.78 is 41.2. The molecule has 0 radical (unpaired) electrons. The molecule has 0 saturated carbocycles. The second-order valence-corrected chi connectivity index (χ2v) is 4.00. The number of allylic oxidation sites excluding steroid dienone is 3. The quantitative estimate of drug-likeness (QED) is 0.494. The van der Waals surface area contributed by atoms with Crippen LogP contribution in [0.5, 0.6) is 0 Å². The molecule has 0 aliphatic heterocycles. The minimum absolute atomic E-state index is 0.126. The molecule has 20 heavy (non-hydrogen) atoms. The molecule has 1 heterocycles. The number of hydrogen-bond acceptors (Lipinski definition) is 5. The molecule has 1 aromatic heterocycles. The van der Waals surface area contributed by atoms with E-state index in [1.54, 1.807) is 18.2 Å². The zero-order valence-electron chi connectivity index (χ0n) is 10.3. The number of amidine groups is 1. The Labute approximate surface area is 111 Å². The first-order valence-electron chi connectivity index (χ1n) is 5.62. The molecule has 1 aliphatic rings. The Balaban J connectivity index is 2.14. The van der Waals surface area contributed by atoms with E-state index in [1.807, 2.05) is 5.48 Å². The number of alkyl halides is 3. The number of aliphatic imine (C=N–C) groups is 1. The van der Waals surface area contributed by atoms with Crippen LogP contribution < -0.4 is 5.48 Å². The fourth-order valence-electron chi connectivity index (χ4n) is 1.74. The van der Waals surface area contributed by atoms with Gasteiger partial charge in [0, 0.05) is 18.5 Å². The van der Waals surface area contributed by atoms with Crippen molar-refractivity contribution in [2.24, 2.45) is 10.9 Å². The molecule has 1 unspecified atom stereocenters. The lowest BCUT2D eigenvalue weighted by molar-refractivity contribution is -0.159. The van der Waals surface area contributed by atoms with Gasteiger partial charge in [0.1, 0.15) is 5.84 Å². The molecule has 0 aromatic carbocycles. The van der Waals surface area contributed by atoms with E-state index in [-0.39, 0.29) is 11.7 Å². The van der Waals surface area contributed by atoms with Crippen molar-refractivity contribution < 1.29 is 22.9 Å². The third-order valence-corrected chi connectivity index (χ3v) is 2.73. The van der Waals surface area contributed by atoms with Crippen LogP contribution in [-0.2, 0) is 6.18 Å². The van der Waals surface area contributed by atoms with Gasteiger partial charge in [0.25, 0.3) is 0 Å². The summed E-state index contributed by atoms with van der Waals surface area (Å²) in [5.74, 6) is -1.32. The van der Waals surface area contributed by atoms with Crippen LogP contribution in [-0.4, -0.2) is 28.2 Å². The molecule has 1 aliphatic carbocycles. The maximum Gasteiger partial charge on any atom is 0.471 e. The van der Waals surface area contributed by atoms with Gasteiger partial charge < -0.3 is 4.52 Å². The summed E-state index contributed by atoms with van der Waals surface area (Å²) in [6.45, 7) is 0. The number of halogens is 3.